The van der Waals surface area contributed by atoms with Gasteiger partial charge in [-0.15, -0.1) is 11.3 Å². The summed E-state index contributed by atoms with van der Waals surface area (Å²) in [6.45, 7) is 2.90. The average Bonchev–Trinajstić information content (AvgIpc) is 3.45. The number of fused-ring (bicyclic) bond motifs is 3. The number of hydrogen-bond donors (Lipinski definition) is 0. The largest absolute Gasteiger partial charge is 0.497 e. The molecule has 1 fully saturated rings. The van der Waals surface area contributed by atoms with Gasteiger partial charge in [-0.2, -0.15) is 0 Å². The third-order valence-corrected chi connectivity index (χ3v) is 8.12. The fourth-order valence-corrected chi connectivity index (χ4v) is 6.54. The number of rotatable bonds is 5. The Morgan fingerprint density at radius 3 is 2.88 bits per heavy atom. The van der Waals surface area contributed by atoms with Crippen molar-refractivity contribution in [1.29, 1.82) is 0 Å². The van der Waals surface area contributed by atoms with Gasteiger partial charge in [0.15, 0.2) is 0 Å². The zero-order valence-electron chi connectivity index (χ0n) is 19.3. The Balaban J connectivity index is 1.44. The molecule has 0 radical (unpaired) electrons. The van der Waals surface area contributed by atoms with Crippen LogP contribution in [0.3, 0.4) is 0 Å². The molecule has 1 aromatic carbocycles. The monoisotopic (exact) mass is 467 g/mol. The number of likely N-dealkylation sites (tertiary alicyclic amines) is 1. The van der Waals surface area contributed by atoms with Gasteiger partial charge in [-0.3, -0.25) is 14.2 Å². The van der Waals surface area contributed by atoms with Crippen LogP contribution in [0.5, 0.6) is 11.5 Å². The first-order valence-corrected chi connectivity index (χ1v) is 12.3. The Morgan fingerprint density at radius 2 is 2.09 bits per heavy atom. The van der Waals surface area contributed by atoms with E-state index in [-0.39, 0.29) is 24.1 Å². The van der Waals surface area contributed by atoms with E-state index in [1.54, 1.807) is 25.6 Å². The Morgan fingerprint density at radius 1 is 1.24 bits per heavy atom. The summed E-state index contributed by atoms with van der Waals surface area (Å²) in [6, 6.07) is 5.56. The summed E-state index contributed by atoms with van der Waals surface area (Å²) in [4.78, 5) is 35.2. The number of methoxy groups -OCH3 is 2. The van der Waals surface area contributed by atoms with Crippen LogP contribution in [0.25, 0.3) is 10.2 Å². The molecule has 2 atom stereocenters. The first-order valence-electron chi connectivity index (χ1n) is 11.5. The fourth-order valence-electron chi connectivity index (χ4n) is 5.20. The van der Waals surface area contributed by atoms with Crippen LogP contribution in [0.2, 0.25) is 0 Å². The molecule has 3 heterocycles. The molecule has 7 nitrogen and oxygen atoms in total. The molecule has 3 aromatic rings. The molecule has 0 spiro atoms. The average molecular weight is 468 g/mol. The lowest BCUT2D eigenvalue weighted by Gasteiger charge is -2.27. The summed E-state index contributed by atoms with van der Waals surface area (Å²) in [5.41, 5.74) is 1.98. The maximum absolute atomic E-state index is 13.4. The third kappa shape index (κ3) is 3.90. The molecule has 2 aliphatic rings. The first-order chi connectivity index (χ1) is 16.0. The molecule has 0 bridgehead atoms. The maximum atomic E-state index is 13.4. The van der Waals surface area contributed by atoms with Crippen molar-refractivity contribution in [3.05, 3.63) is 50.9 Å². The summed E-state index contributed by atoms with van der Waals surface area (Å²) in [5, 5.41) is 0.713. The number of hydrogen-bond acceptors (Lipinski definition) is 6. The molecule has 8 heteroatoms. The number of amides is 1. The first kappa shape index (κ1) is 21.9. The van der Waals surface area contributed by atoms with Crippen LogP contribution < -0.4 is 15.0 Å². The van der Waals surface area contributed by atoms with Crippen molar-refractivity contribution in [3.8, 4) is 11.5 Å². The highest BCUT2D eigenvalue weighted by Crippen LogP contribution is 2.39. The van der Waals surface area contributed by atoms with E-state index in [2.05, 4.69) is 11.9 Å². The third-order valence-electron chi connectivity index (χ3n) is 6.96. The molecular weight excluding hydrogens is 438 g/mol. The van der Waals surface area contributed by atoms with Crippen molar-refractivity contribution in [3.63, 3.8) is 0 Å². The minimum atomic E-state index is -0.106. The summed E-state index contributed by atoms with van der Waals surface area (Å²) >= 11 is 1.63. The SMILES string of the molecule is COc1ccc(OC)c(C2CCCN2C(=O)Cn2cnc3sc4c(c3c2=O)CCC(C)C4)c1. The number of benzene rings is 1. The molecule has 5 rings (SSSR count). The number of thiophene rings is 1. The molecule has 1 aliphatic carbocycles. The predicted molar refractivity (Wildman–Crippen MR) is 128 cm³/mol. The normalized spacial score (nSPS) is 20.2. The second-order valence-corrected chi connectivity index (χ2v) is 10.1. The number of ether oxygens (including phenoxy) is 2. The maximum Gasteiger partial charge on any atom is 0.262 e. The molecule has 2 aromatic heterocycles. The highest BCUT2D eigenvalue weighted by Gasteiger charge is 2.32. The van der Waals surface area contributed by atoms with Crippen LogP contribution in [0.15, 0.2) is 29.3 Å². The van der Waals surface area contributed by atoms with Crippen LogP contribution in [0.1, 0.15) is 48.2 Å². The molecule has 2 unspecified atom stereocenters. The lowest BCUT2D eigenvalue weighted by molar-refractivity contribution is -0.132. The van der Waals surface area contributed by atoms with Gasteiger partial charge in [-0.25, -0.2) is 4.98 Å². The zero-order valence-corrected chi connectivity index (χ0v) is 20.1. The van der Waals surface area contributed by atoms with E-state index >= 15 is 0 Å². The van der Waals surface area contributed by atoms with Gasteiger partial charge in [0.2, 0.25) is 5.91 Å². The van der Waals surface area contributed by atoms with E-state index in [4.69, 9.17) is 9.47 Å². The number of carbonyl (C=O) groups excluding carboxylic acids is 1. The molecule has 1 saturated heterocycles. The second-order valence-electron chi connectivity index (χ2n) is 9.06. The lowest BCUT2D eigenvalue weighted by Crippen LogP contribution is -2.36. The van der Waals surface area contributed by atoms with E-state index in [1.807, 2.05) is 23.1 Å². The molecule has 0 saturated carbocycles. The van der Waals surface area contributed by atoms with E-state index in [1.165, 1.54) is 15.8 Å². The summed E-state index contributed by atoms with van der Waals surface area (Å²) in [7, 11) is 3.26. The van der Waals surface area contributed by atoms with Gasteiger partial charge >= 0.3 is 0 Å². The smallest absolute Gasteiger partial charge is 0.262 e. The van der Waals surface area contributed by atoms with Crippen LogP contribution in [0.4, 0.5) is 0 Å². The van der Waals surface area contributed by atoms with Crippen molar-refractivity contribution < 1.29 is 14.3 Å². The molecule has 33 heavy (non-hydrogen) atoms. The summed E-state index contributed by atoms with van der Waals surface area (Å²) < 4.78 is 12.4. The Kier molecular flexibility index (Phi) is 5.86. The fraction of sp³-hybridized carbons (Fsp3) is 0.480. The van der Waals surface area contributed by atoms with Crippen LogP contribution >= 0.6 is 11.3 Å². The Bertz CT molecular complexity index is 1260. The topological polar surface area (TPSA) is 73.7 Å². The van der Waals surface area contributed by atoms with Crippen molar-refractivity contribution in [2.24, 2.45) is 5.92 Å². The van der Waals surface area contributed by atoms with E-state index in [0.29, 0.717) is 17.8 Å². The van der Waals surface area contributed by atoms with Crippen molar-refractivity contribution >= 4 is 27.5 Å². The van der Waals surface area contributed by atoms with E-state index < -0.39 is 0 Å². The van der Waals surface area contributed by atoms with Gasteiger partial charge in [-0.05, 0) is 61.8 Å². The van der Waals surface area contributed by atoms with E-state index in [0.717, 1.165) is 59.6 Å². The lowest BCUT2D eigenvalue weighted by atomic mass is 9.89. The number of nitrogens with zero attached hydrogens (tertiary/aromatic N) is 3. The quantitative estimate of drug-likeness (QED) is 0.568. The van der Waals surface area contributed by atoms with Crippen LogP contribution in [-0.4, -0.2) is 41.1 Å². The highest BCUT2D eigenvalue weighted by atomic mass is 32.1. The van der Waals surface area contributed by atoms with Crippen molar-refractivity contribution in [2.45, 2.75) is 51.6 Å². The number of carbonyl (C=O) groups is 1. The van der Waals surface area contributed by atoms with Crippen molar-refractivity contribution in [1.82, 2.24) is 14.5 Å². The minimum Gasteiger partial charge on any atom is -0.497 e. The van der Waals surface area contributed by atoms with Gasteiger partial charge in [0.05, 0.1) is 32.0 Å². The van der Waals surface area contributed by atoms with Gasteiger partial charge in [0, 0.05) is 17.0 Å². The zero-order chi connectivity index (χ0) is 23.1. The molecule has 1 aliphatic heterocycles. The number of aryl methyl sites for hydroxylation is 1. The van der Waals surface area contributed by atoms with Crippen molar-refractivity contribution in [2.75, 3.05) is 20.8 Å². The Labute approximate surface area is 197 Å². The van der Waals surface area contributed by atoms with Crippen LogP contribution in [0, 0.1) is 5.92 Å². The van der Waals surface area contributed by atoms with Gasteiger partial charge in [0.1, 0.15) is 22.9 Å². The predicted octanol–water partition coefficient (Wildman–Crippen LogP) is 3.96. The Hall–Kier alpha value is -2.87. The van der Waals surface area contributed by atoms with Gasteiger partial charge in [-0.1, -0.05) is 6.92 Å². The van der Waals surface area contributed by atoms with Crippen LogP contribution in [-0.2, 0) is 24.2 Å². The highest BCUT2D eigenvalue weighted by molar-refractivity contribution is 7.18. The summed E-state index contributed by atoms with van der Waals surface area (Å²) in [5.74, 6) is 2.02. The summed E-state index contributed by atoms with van der Waals surface area (Å²) in [6.07, 6.45) is 6.29. The molecule has 1 amide bonds. The van der Waals surface area contributed by atoms with Gasteiger partial charge < -0.3 is 14.4 Å². The minimum absolute atomic E-state index is 0.00835. The second kappa shape index (κ2) is 8.82. The molecular formula is C25H29N3O4S. The molecule has 174 valence electrons. The molecule has 0 N–H and O–H groups in total. The standard InChI is InChI=1S/C25H29N3O4S/c1-15-6-8-17-21(11-15)33-24-23(17)25(30)27(14-26-24)13-22(29)28-10-4-5-19(28)18-12-16(31-2)7-9-20(18)32-3/h7,9,12,14-15,19H,4-6,8,10-11,13H2,1-3H3. The van der Waals surface area contributed by atoms with E-state index in [9.17, 15) is 9.59 Å². The van der Waals surface area contributed by atoms with Gasteiger partial charge in [0.25, 0.3) is 5.56 Å². The number of aromatic nitrogens is 2.